The molecule has 0 atom stereocenters. The molecule has 0 unspecified atom stereocenters. The molecular formula is C36H43BN2O2. The van der Waals surface area contributed by atoms with Gasteiger partial charge in [0.15, 0.2) is 0 Å². The number of nitrogens with one attached hydrogen (secondary N) is 1. The van der Waals surface area contributed by atoms with Gasteiger partial charge in [0, 0.05) is 33.9 Å². The molecule has 1 fully saturated rings. The van der Waals surface area contributed by atoms with Gasteiger partial charge in [-0.1, -0.05) is 75.4 Å². The van der Waals surface area contributed by atoms with Crippen LogP contribution in [0.15, 0.2) is 91.0 Å². The summed E-state index contributed by atoms with van der Waals surface area (Å²) < 4.78 is 13.0. The van der Waals surface area contributed by atoms with E-state index in [1.807, 2.05) is 0 Å². The van der Waals surface area contributed by atoms with E-state index in [-0.39, 0.29) is 5.41 Å². The minimum absolute atomic E-state index is 0.0912. The number of anilines is 5. The first-order valence-corrected chi connectivity index (χ1v) is 14.6. The van der Waals surface area contributed by atoms with Crippen LogP contribution < -0.4 is 15.7 Å². The minimum Gasteiger partial charge on any atom is -0.399 e. The SMILES string of the molecule is Cc1ccccc1N(c1ccc(B2OC(C)(C)C(C)(C)O2)c(Nc2ccc(C(C)(C)C)cc2)c1)c1ccccc1C. The van der Waals surface area contributed by atoms with Gasteiger partial charge < -0.3 is 19.5 Å². The molecule has 4 nitrogen and oxygen atoms in total. The van der Waals surface area contributed by atoms with Crippen LogP contribution >= 0.6 is 0 Å². The van der Waals surface area contributed by atoms with E-state index in [1.54, 1.807) is 0 Å². The second kappa shape index (κ2) is 10.7. The largest absolute Gasteiger partial charge is 0.496 e. The van der Waals surface area contributed by atoms with Crippen molar-refractivity contribution in [3.8, 4) is 0 Å². The van der Waals surface area contributed by atoms with E-state index in [2.05, 4.69) is 164 Å². The van der Waals surface area contributed by atoms with E-state index in [0.29, 0.717) is 0 Å². The van der Waals surface area contributed by atoms with E-state index in [4.69, 9.17) is 9.31 Å². The standard InChI is InChI=1S/C36H43BN2O2/c1-25-14-10-12-16-32(25)39(33-17-13-11-15-26(33)2)29-22-23-30(37-40-35(6,7)36(8,9)41-37)31(24-29)38-28-20-18-27(19-21-28)34(3,4)5/h10-24,38H,1-9H3. The zero-order valence-corrected chi connectivity index (χ0v) is 26.0. The lowest BCUT2D eigenvalue weighted by Gasteiger charge is -2.32. The Morgan fingerprint density at radius 3 is 1.68 bits per heavy atom. The number of rotatable bonds is 6. The molecule has 0 saturated carbocycles. The monoisotopic (exact) mass is 546 g/mol. The van der Waals surface area contributed by atoms with Crippen LogP contribution in [0.25, 0.3) is 0 Å². The predicted molar refractivity (Wildman–Crippen MR) is 175 cm³/mol. The summed E-state index contributed by atoms with van der Waals surface area (Å²) in [4.78, 5) is 2.34. The predicted octanol–water partition coefficient (Wildman–Crippen LogP) is 9.11. The van der Waals surface area contributed by atoms with Gasteiger partial charge in [0.2, 0.25) is 0 Å². The maximum Gasteiger partial charge on any atom is 0.496 e. The highest BCUT2D eigenvalue weighted by Gasteiger charge is 2.52. The summed E-state index contributed by atoms with van der Waals surface area (Å²) in [6, 6.07) is 32.3. The van der Waals surface area contributed by atoms with Crippen LogP contribution in [0.2, 0.25) is 0 Å². The number of aryl methyl sites for hydroxylation is 2. The minimum atomic E-state index is -0.490. The zero-order chi connectivity index (χ0) is 29.6. The molecule has 0 aromatic heterocycles. The summed E-state index contributed by atoms with van der Waals surface area (Å²) in [5.74, 6) is 0. The Balaban J connectivity index is 1.64. The van der Waals surface area contributed by atoms with Gasteiger partial charge in [-0.15, -0.1) is 0 Å². The molecule has 0 bridgehead atoms. The van der Waals surface area contributed by atoms with Crippen molar-refractivity contribution in [2.45, 2.75) is 78.9 Å². The lowest BCUT2D eigenvalue weighted by molar-refractivity contribution is 0.00578. The number of nitrogens with zero attached hydrogens (tertiary/aromatic N) is 1. The quantitative estimate of drug-likeness (QED) is 0.245. The highest BCUT2D eigenvalue weighted by atomic mass is 16.7. The fraction of sp³-hybridized carbons (Fsp3) is 0.333. The molecule has 0 radical (unpaired) electrons. The molecule has 1 aliphatic heterocycles. The van der Waals surface area contributed by atoms with Crippen molar-refractivity contribution in [2.75, 3.05) is 10.2 Å². The van der Waals surface area contributed by atoms with Crippen LogP contribution in [0.4, 0.5) is 28.4 Å². The first kappa shape index (κ1) is 29.0. The van der Waals surface area contributed by atoms with Crippen LogP contribution in [0, 0.1) is 13.8 Å². The number of benzene rings is 4. The molecule has 41 heavy (non-hydrogen) atoms. The highest BCUT2D eigenvalue weighted by Crippen LogP contribution is 2.41. The maximum absolute atomic E-state index is 6.52. The Bertz CT molecular complexity index is 1470. The van der Waals surface area contributed by atoms with Crippen molar-refractivity contribution in [1.29, 1.82) is 0 Å². The molecule has 4 aromatic carbocycles. The average molecular weight is 547 g/mol. The van der Waals surface area contributed by atoms with Crippen molar-refractivity contribution in [2.24, 2.45) is 0 Å². The molecule has 5 heteroatoms. The van der Waals surface area contributed by atoms with Crippen molar-refractivity contribution in [3.63, 3.8) is 0 Å². The third kappa shape index (κ3) is 5.79. The lowest BCUT2D eigenvalue weighted by Crippen LogP contribution is -2.41. The van der Waals surface area contributed by atoms with Gasteiger partial charge in [-0.05, 0) is 100 Å². The van der Waals surface area contributed by atoms with Crippen LogP contribution in [0.3, 0.4) is 0 Å². The fourth-order valence-corrected chi connectivity index (χ4v) is 5.21. The zero-order valence-electron chi connectivity index (χ0n) is 26.0. The summed E-state index contributed by atoms with van der Waals surface area (Å²) in [6.07, 6.45) is 0. The molecule has 5 rings (SSSR count). The molecule has 1 N–H and O–H groups in total. The smallest absolute Gasteiger partial charge is 0.399 e. The Morgan fingerprint density at radius 1 is 0.683 bits per heavy atom. The van der Waals surface area contributed by atoms with Crippen LogP contribution in [-0.4, -0.2) is 18.3 Å². The van der Waals surface area contributed by atoms with Crippen LogP contribution in [0.1, 0.15) is 65.2 Å². The van der Waals surface area contributed by atoms with Gasteiger partial charge in [0.1, 0.15) is 0 Å². The van der Waals surface area contributed by atoms with Gasteiger partial charge in [-0.25, -0.2) is 0 Å². The van der Waals surface area contributed by atoms with Gasteiger partial charge in [-0.3, -0.25) is 0 Å². The van der Waals surface area contributed by atoms with Crippen LogP contribution in [0.5, 0.6) is 0 Å². The van der Waals surface area contributed by atoms with E-state index in [9.17, 15) is 0 Å². The van der Waals surface area contributed by atoms with E-state index in [1.165, 1.54) is 16.7 Å². The first-order valence-electron chi connectivity index (χ1n) is 14.6. The van der Waals surface area contributed by atoms with E-state index < -0.39 is 18.3 Å². The van der Waals surface area contributed by atoms with Gasteiger partial charge in [0.05, 0.1) is 11.2 Å². The topological polar surface area (TPSA) is 33.7 Å². The second-order valence-electron chi connectivity index (χ2n) is 13.2. The summed E-state index contributed by atoms with van der Waals surface area (Å²) >= 11 is 0. The Morgan fingerprint density at radius 2 is 1.20 bits per heavy atom. The van der Waals surface area contributed by atoms with E-state index in [0.717, 1.165) is 33.9 Å². The van der Waals surface area contributed by atoms with E-state index >= 15 is 0 Å². The summed E-state index contributed by atoms with van der Waals surface area (Å²) in [7, 11) is -0.490. The Hall–Kier alpha value is -3.54. The maximum atomic E-state index is 6.52. The molecule has 212 valence electrons. The lowest BCUT2D eigenvalue weighted by atomic mass is 9.77. The first-order chi connectivity index (χ1) is 19.3. The molecule has 1 heterocycles. The van der Waals surface area contributed by atoms with Crippen molar-refractivity contribution in [3.05, 3.63) is 108 Å². The Kier molecular flexibility index (Phi) is 7.56. The summed E-state index contributed by atoms with van der Waals surface area (Å²) in [6.45, 7) is 19.4. The third-order valence-electron chi connectivity index (χ3n) is 8.54. The summed E-state index contributed by atoms with van der Waals surface area (Å²) in [5, 5.41) is 3.72. The van der Waals surface area contributed by atoms with Crippen LogP contribution in [-0.2, 0) is 14.7 Å². The van der Waals surface area contributed by atoms with Crippen molar-refractivity contribution >= 4 is 41.0 Å². The van der Waals surface area contributed by atoms with Gasteiger partial charge >= 0.3 is 7.12 Å². The Labute approximate surface area is 246 Å². The fourth-order valence-electron chi connectivity index (χ4n) is 5.21. The normalized spacial score (nSPS) is 16.1. The molecule has 1 saturated heterocycles. The molecular weight excluding hydrogens is 503 g/mol. The van der Waals surface area contributed by atoms with Gasteiger partial charge in [0.25, 0.3) is 0 Å². The summed E-state index contributed by atoms with van der Waals surface area (Å²) in [5.41, 5.74) is 9.23. The third-order valence-corrected chi connectivity index (χ3v) is 8.54. The number of hydrogen-bond acceptors (Lipinski definition) is 4. The van der Waals surface area contributed by atoms with Gasteiger partial charge in [-0.2, -0.15) is 0 Å². The van der Waals surface area contributed by atoms with Crippen molar-refractivity contribution in [1.82, 2.24) is 0 Å². The molecule has 0 amide bonds. The average Bonchev–Trinajstić information content (AvgIpc) is 3.12. The van der Waals surface area contributed by atoms with Crippen molar-refractivity contribution < 1.29 is 9.31 Å². The molecule has 4 aromatic rings. The molecule has 1 aliphatic rings. The number of hydrogen-bond donors (Lipinski definition) is 1. The number of para-hydroxylation sites is 2. The second-order valence-corrected chi connectivity index (χ2v) is 13.2. The molecule has 0 aliphatic carbocycles. The molecule has 0 spiro atoms. The highest BCUT2D eigenvalue weighted by molar-refractivity contribution is 6.64.